The highest BCUT2D eigenvalue weighted by Crippen LogP contribution is 2.33. The average Bonchev–Trinajstić information content (AvgIpc) is 2.74. The van der Waals surface area contributed by atoms with Gasteiger partial charge in [0.2, 0.25) is 0 Å². The van der Waals surface area contributed by atoms with E-state index in [2.05, 4.69) is 22.8 Å². The third kappa shape index (κ3) is 4.77. The van der Waals surface area contributed by atoms with Crippen LogP contribution in [0.5, 0.6) is 0 Å². The summed E-state index contributed by atoms with van der Waals surface area (Å²) in [5.41, 5.74) is 5.12. The van der Waals surface area contributed by atoms with Gasteiger partial charge in [-0.1, -0.05) is 41.4 Å². The zero-order valence-electron chi connectivity index (χ0n) is 16.7. The van der Waals surface area contributed by atoms with Crippen molar-refractivity contribution in [2.45, 2.75) is 17.9 Å². The van der Waals surface area contributed by atoms with Crippen molar-refractivity contribution >= 4 is 44.6 Å². The molecule has 160 valence electrons. The first kappa shape index (κ1) is 21.8. The van der Waals surface area contributed by atoms with Crippen molar-refractivity contribution < 1.29 is 13.2 Å². The van der Waals surface area contributed by atoms with Crippen LogP contribution in [-0.4, -0.2) is 27.1 Å². The van der Waals surface area contributed by atoms with Crippen LogP contribution in [0.3, 0.4) is 0 Å². The van der Waals surface area contributed by atoms with Crippen molar-refractivity contribution in [3.05, 3.63) is 81.3 Å². The van der Waals surface area contributed by atoms with E-state index < -0.39 is 15.7 Å². The van der Waals surface area contributed by atoms with Crippen molar-refractivity contribution in [1.82, 2.24) is 5.32 Å². The van der Waals surface area contributed by atoms with E-state index in [0.29, 0.717) is 10.7 Å². The van der Waals surface area contributed by atoms with E-state index in [1.54, 1.807) is 12.1 Å². The molecule has 0 unspecified atom stereocenters. The largest absolute Gasteiger partial charge is 0.322 e. The first-order chi connectivity index (χ1) is 14.7. The predicted octanol–water partition coefficient (Wildman–Crippen LogP) is 4.96. The quantitative estimate of drug-likeness (QED) is 0.559. The molecule has 0 saturated carbocycles. The number of amides is 1. The molecule has 4 rings (SSSR count). The van der Waals surface area contributed by atoms with E-state index in [9.17, 15) is 13.2 Å². The number of anilines is 1. The number of nitrogens with one attached hydrogen (secondary N) is 2. The molecule has 1 heterocycles. The minimum absolute atomic E-state index is 0.0606. The Morgan fingerprint density at radius 2 is 1.77 bits per heavy atom. The number of carbonyl (C=O) groups is 1. The number of sulfone groups is 1. The fourth-order valence-corrected chi connectivity index (χ4v) is 4.78. The van der Waals surface area contributed by atoms with E-state index in [1.165, 1.54) is 29.3 Å². The van der Waals surface area contributed by atoms with Crippen LogP contribution in [0.25, 0.3) is 11.1 Å². The molecule has 8 heteroatoms. The molecule has 0 aromatic heterocycles. The SMILES string of the molecule is CS(=O)(=O)c1ccc(C(=O)Nc2ccc(Cl)c(-c3ccc4c(c3)CCNC4)c2)c(Cl)c1. The van der Waals surface area contributed by atoms with Crippen molar-refractivity contribution in [3.8, 4) is 11.1 Å². The Morgan fingerprint density at radius 1 is 0.968 bits per heavy atom. The van der Waals surface area contributed by atoms with Gasteiger partial charge >= 0.3 is 0 Å². The predicted molar refractivity (Wildman–Crippen MR) is 125 cm³/mol. The topological polar surface area (TPSA) is 75.3 Å². The molecular formula is C23H20Cl2N2O3S. The second-order valence-corrected chi connectivity index (χ2v) is 10.3. The van der Waals surface area contributed by atoms with Crippen molar-refractivity contribution in [2.75, 3.05) is 18.1 Å². The lowest BCUT2D eigenvalue weighted by molar-refractivity contribution is 0.102. The van der Waals surface area contributed by atoms with Gasteiger partial charge in [-0.05, 0) is 66.1 Å². The molecule has 3 aromatic rings. The third-order valence-corrected chi connectivity index (χ3v) is 6.99. The van der Waals surface area contributed by atoms with Crippen LogP contribution in [-0.2, 0) is 22.8 Å². The number of hydrogen-bond donors (Lipinski definition) is 2. The van der Waals surface area contributed by atoms with Crippen molar-refractivity contribution in [1.29, 1.82) is 0 Å². The fraction of sp³-hybridized carbons (Fsp3) is 0.174. The summed E-state index contributed by atoms with van der Waals surface area (Å²) in [7, 11) is -3.41. The van der Waals surface area contributed by atoms with Crippen LogP contribution in [0.15, 0.2) is 59.5 Å². The Labute approximate surface area is 191 Å². The molecule has 0 atom stereocenters. The highest BCUT2D eigenvalue weighted by Gasteiger charge is 2.16. The maximum atomic E-state index is 12.7. The summed E-state index contributed by atoms with van der Waals surface area (Å²) in [4.78, 5) is 12.8. The van der Waals surface area contributed by atoms with Gasteiger partial charge in [0.05, 0.1) is 15.5 Å². The Morgan fingerprint density at radius 3 is 2.52 bits per heavy atom. The van der Waals surface area contributed by atoms with Crippen LogP contribution in [0.2, 0.25) is 10.0 Å². The zero-order chi connectivity index (χ0) is 22.2. The first-order valence-electron chi connectivity index (χ1n) is 9.66. The highest BCUT2D eigenvalue weighted by molar-refractivity contribution is 7.90. The van der Waals surface area contributed by atoms with Crippen LogP contribution in [0, 0.1) is 0 Å². The average molecular weight is 475 g/mol. The molecule has 1 aliphatic rings. The normalized spacial score (nSPS) is 13.5. The summed E-state index contributed by atoms with van der Waals surface area (Å²) < 4.78 is 23.4. The molecule has 0 radical (unpaired) electrons. The maximum absolute atomic E-state index is 12.7. The number of carbonyl (C=O) groups excluding carboxylic acids is 1. The van der Waals surface area contributed by atoms with Gasteiger partial charge in [0.25, 0.3) is 5.91 Å². The van der Waals surface area contributed by atoms with Gasteiger partial charge in [-0.25, -0.2) is 8.42 Å². The summed E-state index contributed by atoms with van der Waals surface area (Å²) in [5, 5.41) is 6.82. The minimum Gasteiger partial charge on any atom is -0.322 e. The smallest absolute Gasteiger partial charge is 0.257 e. The highest BCUT2D eigenvalue weighted by atomic mass is 35.5. The van der Waals surface area contributed by atoms with E-state index in [1.807, 2.05) is 12.1 Å². The van der Waals surface area contributed by atoms with Crippen LogP contribution in [0.1, 0.15) is 21.5 Å². The van der Waals surface area contributed by atoms with Crippen LogP contribution in [0.4, 0.5) is 5.69 Å². The molecule has 0 saturated heterocycles. The molecule has 5 nitrogen and oxygen atoms in total. The van der Waals surface area contributed by atoms with E-state index in [4.69, 9.17) is 23.2 Å². The molecule has 3 aromatic carbocycles. The maximum Gasteiger partial charge on any atom is 0.257 e. The molecule has 0 bridgehead atoms. The second-order valence-electron chi connectivity index (χ2n) is 7.47. The van der Waals surface area contributed by atoms with Crippen molar-refractivity contribution in [3.63, 3.8) is 0 Å². The van der Waals surface area contributed by atoms with Gasteiger partial charge in [0, 0.05) is 29.1 Å². The summed E-state index contributed by atoms with van der Waals surface area (Å²) in [6.07, 6.45) is 2.05. The summed E-state index contributed by atoms with van der Waals surface area (Å²) in [6.45, 7) is 1.80. The van der Waals surface area contributed by atoms with Crippen LogP contribution < -0.4 is 10.6 Å². The summed E-state index contributed by atoms with van der Waals surface area (Å²) in [5.74, 6) is -0.435. The molecule has 0 aliphatic carbocycles. The molecular weight excluding hydrogens is 455 g/mol. The number of benzene rings is 3. The zero-order valence-corrected chi connectivity index (χ0v) is 19.0. The number of fused-ring (bicyclic) bond motifs is 1. The summed E-state index contributed by atoms with van der Waals surface area (Å²) in [6, 6.07) is 15.6. The monoisotopic (exact) mass is 474 g/mol. The van der Waals surface area contributed by atoms with Gasteiger partial charge < -0.3 is 10.6 Å². The van der Waals surface area contributed by atoms with Gasteiger partial charge in [0.15, 0.2) is 9.84 Å². The van der Waals surface area contributed by atoms with Gasteiger partial charge in [-0.15, -0.1) is 0 Å². The standard InChI is InChI=1S/C23H20Cl2N2O3S/c1-31(29,30)18-5-6-19(22(25)12-18)23(28)27-17-4-7-21(24)20(11-17)15-2-3-16-13-26-9-8-14(16)10-15/h2-7,10-12,26H,8-9,13H2,1H3,(H,27,28). The Bertz CT molecular complexity index is 1290. The molecule has 1 amide bonds. The lowest BCUT2D eigenvalue weighted by Gasteiger charge is -2.18. The number of halogens is 2. The van der Waals surface area contributed by atoms with E-state index in [-0.39, 0.29) is 15.5 Å². The molecule has 0 fully saturated rings. The Kier molecular flexibility index (Phi) is 6.08. The molecule has 2 N–H and O–H groups in total. The Balaban J connectivity index is 1.61. The lowest BCUT2D eigenvalue weighted by atomic mass is 9.95. The van der Waals surface area contributed by atoms with E-state index >= 15 is 0 Å². The first-order valence-corrected chi connectivity index (χ1v) is 12.3. The third-order valence-electron chi connectivity index (χ3n) is 5.24. The van der Waals surface area contributed by atoms with Gasteiger partial charge in [0.1, 0.15) is 0 Å². The lowest BCUT2D eigenvalue weighted by Crippen LogP contribution is -2.23. The van der Waals surface area contributed by atoms with Gasteiger partial charge in [-0.3, -0.25) is 4.79 Å². The van der Waals surface area contributed by atoms with Gasteiger partial charge in [-0.2, -0.15) is 0 Å². The Hall–Kier alpha value is -2.38. The minimum atomic E-state index is -3.41. The van der Waals surface area contributed by atoms with E-state index in [0.717, 1.165) is 36.9 Å². The number of hydrogen-bond acceptors (Lipinski definition) is 4. The molecule has 1 aliphatic heterocycles. The van der Waals surface area contributed by atoms with Crippen LogP contribution >= 0.6 is 23.2 Å². The number of rotatable bonds is 4. The fourth-order valence-electron chi connectivity index (χ4n) is 3.58. The molecule has 0 spiro atoms. The second kappa shape index (κ2) is 8.63. The molecule has 31 heavy (non-hydrogen) atoms. The van der Waals surface area contributed by atoms with Crippen molar-refractivity contribution in [2.24, 2.45) is 0 Å². The summed E-state index contributed by atoms with van der Waals surface area (Å²) >= 11 is 12.6.